The van der Waals surface area contributed by atoms with E-state index in [-0.39, 0.29) is 12.3 Å². The number of oxazole rings is 1. The summed E-state index contributed by atoms with van der Waals surface area (Å²) in [6.45, 7) is 0.359. The van der Waals surface area contributed by atoms with Crippen LogP contribution < -0.4 is 14.8 Å². The van der Waals surface area contributed by atoms with Crippen LogP contribution in [0.25, 0.3) is 11.5 Å². The molecule has 0 saturated carbocycles. The summed E-state index contributed by atoms with van der Waals surface area (Å²) in [6.07, 6.45) is 5.01. The average molecular weight is 415 g/mol. The maximum atomic E-state index is 12.5. The molecule has 0 atom stereocenters. The fraction of sp³-hybridized carbons (Fsp3) is 0.125. The molecule has 4 rings (SSSR count). The number of nitrogens with one attached hydrogen (secondary N) is 1. The third-order valence-corrected chi connectivity index (χ3v) is 4.51. The predicted molar refractivity (Wildman–Crippen MR) is 116 cm³/mol. The molecule has 0 fully saturated rings. The molecule has 0 aliphatic rings. The lowest BCUT2D eigenvalue weighted by atomic mass is 10.2. The molecule has 1 amide bonds. The highest BCUT2D eigenvalue weighted by Gasteiger charge is 2.12. The van der Waals surface area contributed by atoms with E-state index in [9.17, 15) is 4.79 Å². The van der Waals surface area contributed by atoms with E-state index in [2.05, 4.69) is 15.3 Å². The van der Waals surface area contributed by atoms with Gasteiger partial charge in [-0.25, -0.2) is 4.98 Å². The highest BCUT2D eigenvalue weighted by molar-refractivity contribution is 5.92. The Hall–Kier alpha value is -4.13. The zero-order valence-corrected chi connectivity index (χ0v) is 16.9. The van der Waals surface area contributed by atoms with Gasteiger partial charge in [0.15, 0.2) is 11.5 Å². The number of nitrogens with zero attached hydrogens (tertiary/aromatic N) is 2. The summed E-state index contributed by atoms with van der Waals surface area (Å²) in [6, 6.07) is 18.5. The first-order chi connectivity index (χ1) is 15.2. The van der Waals surface area contributed by atoms with E-state index >= 15 is 0 Å². The van der Waals surface area contributed by atoms with Crippen LogP contribution in [0.5, 0.6) is 11.5 Å². The molecule has 31 heavy (non-hydrogen) atoms. The molecule has 0 bridgehead atoms. The minimum Gasteiger partial charge on any atom is -0.493 e. The maximum absolute atomic E-state index is 12.5. The molecule has 1 N–H and O–H groups in total. The first kappa shape index (κ1) is 20.2. The van der Waals surface area contributed by atoms with E-state index in [1.165, 1.54) is 6.26 Å². The summed E-state index contributed by atoms with van der Waals surface area (Å²) in [5.74, 6) is 1.39. The van der Waals surface area contributed by atoms with Crippen molar-refractivity contribution in [2.45, 2.75) is 13.0 Å². The minimum absolute atomic E-state index is 0.0928. The van der Waals surface area contributed by atoms with Gasteiger partial charge in [-0.3, -0.25) is 9.78 Å². The van der Waals surface area contributed by atoms with Crippen LogP contribution in [0.15, 0.2) is 83.7 Å². The summed E-state index contributed by atoms with van der Waals surface area (Å²) in [7, 11) is 1.57. The molecule has 0 aliphatic heterocycles. The van der Waals surface area contributed by atoms with E-state index in [0.29, 0.717) is 35.4 Å². The number of carbonyl (C=O) groups excluding carboxylic acids is 1. The Morgan fingerprint density at radius 2 is 1.84 bits per heavy atom. The van der Waals surface area contributed by atoms with Gasteiger partial charge in [0.05, 0.1) is 19.2 Å². The van der Waals surface area contributed by atoms with Crippen molar-refractivity contribution < 1.29 is 18.7 Å². The van der Waals surface area contributed by atoms with Crippen molar-refractivity contribution in [3.05, 3.63) is 90.6 Å². The number of benzene rings is 2. The predicted octanol–water partition coefficient (Wildman–Crippen LogP) is 4.51. The van der Waals surface area contributed by atoms with Crippen molar-refractivity contribution in [2.24, 2.45) is 0 Å². The molecule has 4 aromatic rings. The second-order valence-electron chi connectivity index (χ2n) is 6.74. The lowest BCUT2D eigenvalue weighted by Crippen LogP contribution is -2.14. The fourth-order valence-electron chi connectivity index (χ4n) is 2.98. The van der Waals surface area contributed by atoms with Gasteiger partial charge in [0, 0.05) is 29.7 Å². The van der Waals surface area contributed by atoms with Crippen LogP contribution in [0.1, 0.15) is 11.3 Å². The second-order valence-corrected chi connectivity index (χ2v) is 6.74. The zero-order valence-electron chi connectivity index (χ0n) is 16.9. The van der Waals surface area contributed by atoms with Crippen LogP contribution in [0.4, 0.5) is 5.69 Å². The minimum atomic E-state index is -0.210. The molecule has 0 radical (unpaired) electrons. The molecule has 0 unspecified atom stereocenters. The van der Waals surface area contributed by atoms with Gasteiger partial charge in [-0.2, -0.15) is 0 Å². The fourth-order valence-corrected chi connectivity index (χ4v) is 2.98. The summed E-state index contributed by atoms with van der Waals surface area (Å²) < 4.78 is 16.7. The van der Waals surface area contributed by atoms with Crippen LogP contribution in [0.2, 0.25) is 0 Å². The number of amides is 1. The van der Waals surface area contributed by atoms with E-state index < -0.39 is 0 Å². The van der Waals surface area contributed by atoms with Crippen molar-refractivity contribution in [2.75, 3.05) is 12.4 Å². The molecule has 2 aromatic carbocycles. The Bertz CT molecular complexity index is 1140. The molecule has 0 aliphatic carbocycles. The summed E-state index contributed by atoms with van der Waals surface area (Å²) >= 11 is 0. The number of pyridine rings is 1. The van der Waals surface area contributed by atoms with Crippen LogP contribution >= 0.6 is 0 Å². The van der Waals surface area contributed by atoms with Gasteiger partial charge < -0.3 is 19.2 Å². The molecule has 156 valence electrons. The number of hydrogen-bond acceptors (Lipinski definition) is 6. The van der Waals surface area contributed by atoms with Crippen molar-refractivity contribution in [3.63, 3.8) is 0 Å². The van der Waals surface area contributed by atoms with Gasteiger partial charge in [-0.15, -0.1) is 0 Å². The van der Waals surface area contributed by atoms with Gasteiger partial charge in [-0.05, 0) is 42.0 Å². The van der Waals surface area contributed by atoms with Crippen molar-refractivity contribution in [1.29, 1.82) is 0 Å². The lowest BCUT2D eigenvalue weighted by molar-refractivity contribution is -0.115. The van der Waals surface area contributed by atoms with E-state index in [0.717, 1.165) is 11.1 Å². The molecule has 2 aromatic heterocycles. The molecule has 7 heteroatoms. The first-order valence-electron chi connectivity index (χ1n) is 9.70. The Morgan fingerprint density at radius 1 is 1.03 bits per heavy atom. The molecule has 7 nitrogen and oxygen atoms in total. The maximum Gasteiger partial charge on any atom is 0.230 e. The second kappa shape index (κ2) is 9.58. The lowest BCUT2D eigenvalue weighted by Gasteiger charge is -2.13. The standard InChI is InChI=1S/C24H21N3O4/c1-29-21-8-7-19(13-22(21)30-15-17-9-11-25-12-10-17)26-23(28)14-20-16-31-24(27-20)18-5-3-2-4-6-18/h2-13,16H,14-15H2,1H3,(H,26,28). The smallest absolute Gasteiger partial charge is 0.230 e. The third kappa shape index (κ3) is 5.27. The summed E-state index contributed by atoms with van der Waals surface area (Å²) in [4.78, 5) is 20.9. The van der Waals surface area contributed by atoms with Crippen LogP contribution in [0.3, 0.4) is 0 Å². The van der Waals surface area contributed by atoms with Gasteiger partial charge >= 0.3 is 0 Å². The van der Waals surface area contributed by atoms with Crippen molar-refractivity contribution in [1.82, 2.24) is 9.97 Å². The third-order valence-electron chi connectivity index (χ3n) is 4.51. The van der Waals surface area contributed by atoms with E-state index in [1.54, 1.807) is 37.7 Å². The number of carbonyl (C=O) groups is 1. The first-order valence-corrected chi connectivity index (χ1v) is 9.70. The Balaban J connectivity index is 1.40. The number of rotatable bonds is 8. The molecule has 2 heterocycles. The Morgan fingerprint density at radius 3 is 2.61 bits per heavy atom. The Labute approximate surface area is 179 Å². The zero-order chi connectivity index (χ0) is 21.5. The Kier molecular flexibility index (Phi) is 6.23. The largest absolute Gasteiger partial charge is 0.493 e. The normalized spacial score (nSPS) is 10.5. The van der Waals surface area contributed by atoms with Crippen molar-refractivity contribution in [3.8, 4) is 23.0 Å². The van der Waals surface area contributed by atoms with Gasteiger partial charge in [0.2, 0.25) is 11.8 Å². The van der Waals surface area contributed by atoms with Crippen LogP contribution in [-0.4, -0.2) is 23.0 Å². The highest BCUT2D eigenvalue weighted by Crippen LogP contribution is 2.31. The van der Waals surface area contributed by atoms with Gasteiger partial charge in [0.1, 0.15) is 12.9 Å². The molecule has 0 saturated heterocycles. The summed E-state index contributed by atoms with van der Waals surface area (Å²) in [5, 5.41) is 2.86. The SMILES string of the molecule is COc1ccc(NC(=O)Cc2coc(-c3ccccc3)n2)cc1OCc1ccncc1. The van der Waals surface area contributed by atoms with E-state index in [4.69, 9.17) is 13.9 Å². The topological polar surface area (TPSA) is 86.5 Å². The van der Waals surface area contributed by atoms with Gasteiger partial charge in [-0.1, -0.05) is 18.2 Å². The van der Waals surface area contributed by atoms with Gasteiger partial charge in [0.25, 0.3) is 0 Å². The number of methoxy groups -OCH3 is 1. The number of ether oxygens (including phenoxy) is 2. The number of anilines is 1. The van der Waals surface area contributed by atoms with Crippen molar-refractivity contribution >= 4 is 11.6 Å². The monoisotopic (exact) mass is 415 g/mol. The molecular weight excluding hydrogens is 394 g/mol. The molecule has 0 spiro atoms. The van der Waals surface area contributed by atoms with E-state index in [1.807, 2.05) is 42.5 Å². The quantitative estimate of drug-likeness (QED) is 0.456. The molecular formula is C24H21N3O4. The summed E-state index contributed by atoms with van der Waals surface area (Å²) in [5.41, 5.74) is 2.99. The number of aromatic nitrogens is 2. The average Bonchev–Trinajstić information content (AvgIpc) is 3.27. The van der Waals surface area contributed by atoms with Crippen LogP contribution in [-0.2, 0) is 17.8 Å². The highest BCUT2D eigenvalue weighted by atomic mass is 16.5. The number of hydrogen-bond donors (Lipinski definition) is 1. The van der Waals surface area contributed by atoms with Crippen LogP contribution in [0, 0.1) is 0 Å².